The van der Waals surface area contributed by atoms with Gasteiger partial charge < -0.3 is 13.9 Å². The molecule has 3 heteroatoms. The Kier molecular flexibility index (Phi) is 8.56. The number of rotatable bonds is 7. The van der Waals surface area contributed by atoms with E-state index in [-0.39, 0.29) is 5.41 Å². The third-order valence-electron chi connectivity index (χ3n) is 13.9. The van der Waals surface area contributed by atoms with Crippen molar-refractivity contribution in [1.82, 2.24) is 4.57 Å². The van der Waals surface area contributed by atoms with Crippen molar-refractivity contribution in [3.05, 3.63) is 242 Å². The van der Waals surface area contributed by atoms with Gasteiger partial charge in [0.2, 0.25) is 0 Å². The van der Waals surface area contributed by atoms with E-state index in [0.717, 1.165) is 55.8 Å². The third kappa shape index (κ3) is 5.97. The number of anilines is 3. The van der Waals surface area contributed by atoms with Crippen LogP contribution in [0.5, 0.6) is 0 Å². The van der Waals surface area contributed by atoms with Crippen LogP contribution in [0.25, 0.3) is 93.9 Å². The summed E-state index contributed by atoms with van der Waals surface area (Å²) in [6.07, 6.45) is 0. The third-order valence-corrected chi connectivity index (χ3v) is 13.9. The molecular formula is C63H44N2O. The van der Waals surface area contributed by atoms with Crippen LogP contribution in [0.15, 0.2) is 235 Å². The monoisotopic (exact) mass is 844 g/mol. The minimum Gasteiger partial charge on any atom is -0.456 e. The topological polar surface area (TPSA) is 21.3 Å². The average molecular weight is 845 g/mol. The van der Waals surface area contributed by atoms with Crippen molar-refractivity contribution < 1.29 is 4.42 Å². The molecule has 0 saturated carbocycles. The molecule has 0 fully saturated rings. The van der Waals surface area contributed by atoms with E-state index in [9.17, 15) is 0 Å². The van der Waals surface area contributed by atoms with E-state index in [1.54, 1.807) is 0 Å². The van der Waals surface area contributed by atoms with Crippen LogP contribution in [0.2, 0.25) is 0 Å². The molecule has 1 aliphatic rings. The van der Waals surface area contributed by atoms with Crippen LogP contribution in [0.1, 0.15) is 25.0 Å². The lowest BCUT2D eigenvalue weighted by Gasteiger charge is -2.29. The molecule has 0 amide bonds. The Morgan fingerprint density at radius 2 is 0.939 bits per heavy atom. The summed E-state index contributed by atoms with van der Waals surface area (Å²) < 4.78 is 8.77. The summed E-state index contributed by atoms with van der Waals surface area (Å²) in [5.41, 5.74) is 20.7. The molecule has 312 valence electrons. The van der Waals surface area contributed by atoms with Gasteiger partial charge in [0, 0.05) is 49.7 Å². The molecule has 2 heterocycles. The van der Waals surface area contributed by atoms with E-state index in [0.29, 0.717) is 0 Å². The zero-order valence-corrected chi connectivity index (χ0v) is 36.7. The van der Waals surface area contributed by atoms with Crippen molar-refractivity contribution in [2.45, 2.75) is 19.3 Å². The number of fused-ring (bicyclic) bond motifs is 9. The molecule has 0 radical (unpaired) electrons. The summed E-state index contributed by atoms with van der Waals surface area (Å²) >= 11 is 0. The Balaban J connectivity index is 0.981. The molecule has 0 unspecified atom stereocenters. The molecule has 0 saturated heterocycles. The minimum absolute atomic E-state index is 0.278. The van der Waals surface area contributed by atoms with E-state index in [1.165, 1.54) is 66.3 Å². The first-order valence-corrected chi connectivity index (χ1v) is 22.8. The first-order valence-electron chi connectivity index (χ1n) is 22.8. The van der Waals surface area contributed by atoms with Crippen molar-refractivity contribution in [2.75, 3.05) is 4.90 Å². The second-order valence-electron chi connectivity index (χ2n) is 18.1. The van der Waals surface area contributed by atoms with Gasteiger partial charge in [-0.3, -0.25) is 0 Å². The minimum atomic E-state index is -0.278. The van der Waals surface area contributed by atoms with Crippen molar-refractivity contribution in [1.29, 1.82) is 0 Å². The molecule has 13 rings (SSSR count). The molecule has 0 spiro atoms. The van der Waals surface area contributed by atoms with Crippen LogP contribution in [0.3, 0.4) is 0 Å². The maximum absolute atomic E-state index is 6.36. The van der Waals surface area contributed by atoms with E-state index >= 15 is 0 Å². The lowest BCUT2D eigenvalue weighted by atomic mass is 9.81. The number of benzene rings is 10. The molecule has 2 aromatic heterocycles. The van der Waals surface area contributed by atoms with Gasteiger partial charge in [0.25, 0.3) is 0 Å². The lowest BCUT2D eigenvalue weighted by Crippen LogP contribution is -2.16. The first-order chi connectivity index (χ1) is 32.5. The van der Waals surface area contributed by atoms with E-state index in [2.05, 4.69) is 248 Å². The zero-order valence-electron chi connectivity index (χ0n) is 36.7. The SMILES string of the molecule is CC1(C)c2cc(-c3cccc4c3c3ccccc3n4-c3ccccc3)ccc2-c2ccc(N(c3cc(-c4ccccc4)cc(-c4ccccc4)c3)c3ccc4oc5ccccc5c4c3)cc21. The van der Waals surface area contributed by atoms with Crippen LogP contribution in [-0.4, -0.2) is 4.57 Å². The Morgan fingerprint density at radius 1 is 0.364 bits per heavy atom. The van der Waals surface area contributed by atoms with Crippen LogP contribution >= 0.6 is 0 Å². The van der Waals surface area contributed by atoms with Crippen molar-refractivity contribution in [3.8, 4) is 50.2 Å². The maximum Gasteiger partial charge on any atom is 0.135 e. The lowest BCUT2D eigenvalue weighted by molar-refractivity contribution is 0.660. The fraction of sp³-hybridized carbons (Fsp3) is 0.0476. The second-order valence-corrected chi connectivity index (χ2v) is 18.1. The summed E-state index contributed by atoms with van der Waals surface area (Å²) in [7, 11) is 0. The molecule has 66 heavy (non-hydrogen) atoms. The van der Waals surface area contributed by atoms with Gasteiger partial charge in [-0.15, -0.1) is 0 Å². The molecule has 0 bridgehead atoms. The van der Waals surface area contributed by atoms with Crippen LogP contribution < -0.4 is 4.90 Å². The predicted octanol–water partition coefficient (Wildman–Crippen LogP) is 17.5. The zero-order chi connectivity index (χ0) is 43.9. The van der Waals surface area contributed by atoms with Gasteiger partial charge in [0.05, 0.1) is 11.0 Å². The summed E-state index contributed by atoms with van der Waals surface area (Å²) in [5.74, 6) is 0. The summed E-state index contributed by atoms with van der Waals surface area (Å²) in [6.45, 7) is 4.79. The summed E-state index contributed by atoms with van der Waals surface area (Å²) in [5, 5.41) is 4.74. The highest BCUT2D eigenvalue weighted by molar-refractivity contribution is 6.16. The highest BCUT2D eigenvalue weighted by atomic mass is 16.3. The summed E-state index contributed by atoms with van der Waals surface area (Å²) in [6, 6.07) is 84.0. The fourth-order valence-corrected chi connectivity index (χ4v) is 10.8. The Morgan fingerprint density at radius 3 is 1.68 bits per heavy atom. The highest BCUT2D eigenvalue weighted by Gasteiger charge is 2.37. The number of aromatic nitrogens is 1. The number of hydrogen-bond acceptors (Lipinski definition) is 2. The van der Waals surface area contributed by atoms with E-state index in [1.807, 2.05) is 6.07 Å². The van der Waals surface area contributed by atoms with Gasteiger partial charge in [-0.25, -0.2) is 0 Å². The number of furan rings is 1. The smallest absolute Gasteiger partial charge is 0.135 e. The largest absolute Gasteiger partial charge is 0.456 e. The van der Waals surface area contributed by atoms with Crippen LogP contribution in [-0.2, 0) is 5.41 Å². The van der Waals surface area contributed by atoms with Crippen LogP contribution in [0, 0.1) is 0 Å². The van der Waals surface area contributed by atoms with Gasteiger partial charge in [-0.1, -0.05) is 159 Å². The molecule has 1 aliphatic carbocycles. The number of nitrogens with zero attached hydrogens (tertiary/aromatic N) is 2. The quantitative estimate of drug-likeness (QED) is 0.159. The van der Waals surface area contributed by atoms with Gasteiger partial charge in [-0.2, -0.15) is 0 Å². The molecule has 10 aromatic carbocycles. The molecule has 0 N–H and O–H groups in total. The van der Waals surface area contributed by atoms with Gasteiger partial charge in [-0.05, 0) is 141 Å². The predicted molar refractivity (Wildman–Crippen MR) is 277 cm³/mol. The normalized spacial score (nSPS) is 12.8. The molecule has 0 aliphatic heterocycles. The molecular weight excluding hydrogens is 801 g/mol. The van der Waals surface area contributed by atoms with Crippen molar-refractivity contribution in [2.24, 2.45) is 0 Å². The molecule has 12 aromatic rings. The van der Waals surface area contributed by atoms with Gasteiger partial charge in [0.15, 0.2) is 0 Å². The number of hydrogen-bond donors (Lipinski definition) is 0. The fourth-order valence-electron chi connectivity index (χ4n) is 10.8. The Hall–Kier alpha value is -8.40. The van der Waals surface area contributed by atoms with E-state index in [4.69, 9.17) is 4.42 Å². The van der Waals surface area contributed by atoms with Crippen LogP contribution in [0.4, 0.5) is 17.1 Å². The number of para-hydroxylation sites is 3. The first kappa shape index (κ1) is 38.1. The van der Waals surface area contributed by atoms with Crippen molar-refractivity contribution >= 4 is 60.8 Å². The Bertz CT molecular complexity index is 3780. The highest BCUT2D eigenvalue weighted by Crippen LogP contribution is 2.53. The maximum atomic E-state index is 6.36. The van der Waals surface area contributed by atoms with Gasteiger partial charge in [0.1, 0.15) is 11.2 Å². The molecule has 0 atom stereocenters. The second kappa shape index (κ2) is 14.8. The summed E-state index contributed by atoms with van der Waals surface area (Å²) in [4.78, 5) is 2.44. The Labute approximate surface area is 384 Å². The van der Waals surface area contributed by atoms with Crippen molar-refractivity contribution in [3.63, 3.8) is 0 Å². The van der Waals surface area contributed by atoms with E-state index < -0.39 is 0 Å². The van der Waals surface area contributed by atoms with Gasteiger partial charge >= 0.3 is 0 Å². The molecule has 3 nitrogen and oxygen atoms in total. The average Bonchev–Trinajstić information content (AvgIpc) is 3.99. The standard InChI is InChI=1S/C63H44N2O/c1-63(2)56-38-43(50-25-16-27-59-62(50)54-24-12-14-26-58(54)65(59)46-21-10-5-11-22-46)29-32-51(56)52-33-30-48(40-57(52)63)64(47-31-34-61-55(39-47)53-23-13-15-28-60(53)66-61)49-36-44(41-17-6-3-7-18-41)35-45(37-49)42-19-8-4-9-20-42/h3-40H,1-2H3.